The van der Waals surface area contributed by atoms with Crippen LogP contribution in [0, 0.1) is 5.92 Å². The number of ether oxygens (including phenoxy) is 1. The van der Waals surface area contributed by atoms with Gasteiger partial charge in [-0.1, -0.05) is 42.5 Å². The summed E-state index contributed by atoms with van der Waals surface area (Å²) in [4.78, 5) is 28.4. The molecule has 1 amide bonds. The molecule has 0 aliphatic carbocycles. The summed E-state index contributed by atoms with van der Waals surface area (Å²) in [6.07, 6.45) is 3.89. The van der Waals surface area contributed by atoms with Crippen molar-refractivity contribution in [3.05, 3.63) is 42.0 Å². The molecule has 108 valence electrons. The van der Waals surface area contributed by atoms with E-state index in [0.29, 0.717) is 0 Å². The van der Waals surface area contributed by atoms with Crippen molar-refractivity contribution in [3.63, 3.8) is 0 Å². The van der Waals surface area contributed by atoms with Gasteiger partial charge < -0.3 is 4.74 Å². The summed E-state index contributed by atoms with van der Waals surface area (Å²) in [7, 11) is 4.08. The highest BCUT2D eigenvalue weighted by Crippen LogP contribution is 2.12. The lowest BCUT2D eigenvalue weighted by molar-refractivity contribution is -0.178. The average molecular weight is 277 g/mol. The van der Waals surface area contributed by atoms with Crippen LogP contribution in [-0.2, 0) is 19.2 Å². The molecular formula is C15H19NO4. The highest BCUT2D eigenvalue weighted by molar-refractivity contribution is 5.97. The van der Waals surface area contributed by atoms with Crippen molar-refractivity contribution >= 4 is 18.0 Å². The number of esters is 1. The standard InChI is InChI=1S/C15H19NO4/c1-16(20-3)14(17)13(15(18)19-2)11-7-10-12-8-5-4-6-9-12/h4-10,13H,11H2,1-3H3/b10-7+. The SMILES string of the molecule is COC(=O)C(C/C=C/c1ccccc1)C(=O)N(C)OC. The smallest absolute Gasteiger partial charge is 0.318 e. The summed E-state index contributed by atoms with van der Waals surface area (Å²) in [5, 5.41) is 1.03. The van der Waals surface area contributed by atoms with E-state index in [2.05, 4.69) is 4.74 Å². The molecule has 0 fully saturated rings. The maximum Gasteiger partial charge on any atom is 0.318 e. The predicted molar refractivity (Wildman–Crippen MR) is 75.4 cm³/mol. The van der Waals surface area contributed by atoms with Gasteiger partial charge in [-0.3, -0.25) is 14.4 Å². The second-order valence-corrected chi connectivity index (χ2v) is 4.14. The van der Waals surface area contributed by atoms with Crippen LogP contribution in [0.5, 0.6) is 0 Å². The molecule has 1 rings (SSSR count). The molecule has 1 aromatic rings. The number of carbonyl (C=O) groups is 2. The van der Waals surface area contributed by atoms with Crippen LogP contribution in [0.4, 0.5) is 0 Å². The number of benzene rings is 1. The van der Waals surface area contributed by atoms with Crippen molar-refractivity contribution in [2.75, 3.05) is 21.3 Å². The van der Waals surface area contributed by atoms with Gasteiger partial charge in [-0.05, 0) is 12.0 Å². The summed E-state index contributed by atoms with van der Waals surface area (Å²) >= 11 is 0. The first kappa shape index (κ1) is 15.9. The summed E-state index contributed by atoms with van der Waals surface area (Å²) < 4.78 is 4.66. The summed E-state index contributed by atoms with van der Waals surface area (Å²) in [6.45, 7) is 0. The molecule has 0 spiro atoms. The quantitative estimate of drug-likeness (QED) is 0.453. The summed E-state index contributed by atoms with van der Waals surface area (Å²) in [5.41, 5.74) is 1.00. The van der Waals surface area contributed by atoms with Gasteiger partial charge in [-0.15, -0.1) is 0 Å². The number of hydroxylamine groups is 2. The van der Waals surface area contributed by atoms with E-state index < -0.39 is 17.8 Å². The summed E-state index contributed by atoms with van der Waals surface area (Å²) in [6, 6.07) is 9.63. The fraction of sp³-hybridized carbons (Fsp3) is 0.333. The van der Waals surface area contributed by atoms with Crippen LogP contribution in [0.1, 0.15) is 12.0 Å². The first-order valence-corrected chi connectivity index (χ1v) is 6.21. The number of hydrogen-bond acceptors (Lipinski definition) is 4. The van der Waals surface area contributed by atoms with E-state index in [4.69, 9.17) is 4.84 Å². The van der Waals surface area contributed by atoms with Gasteiger partial charge in [0.15, 0.2) is 0 Å². The number of hydrogen-bond donors (Lipinski definition) is 0. The molecule has 0 bridgehead atoms. The molecule has 1 aromatic carbocycles. The minimum atomic E-state index is -0.898. The van der Waals surface area contributed by atoms with Crippen LogP contribution >= 0.6 is 0 Å². The van der Waals surface area contributed by atoms with E-state index in [1.807, 2.05) is 36.4 Å². The van der Waals surface area contributed by atoms with Crippen molar-refractivity contribution in [2.24, 2.45) is 5.92 Å². The number of rotatable bonds is 6. The van der Waals surface area contributed by atoms with Crippen LogP contribution in [0.25, 0.3) is 6.08 Å². The molecule has 20 heavy (non-hydrogen) atoms. The predicted octanol–water partition coefficient (Wildman–Crippen LogP) is 1.90. The third-order valence-electron chi connectivity index (χ3n) is 2.85. The third kappa shape index (κ3) is 4.51. The van der Waals surface area contributed by atoms with Gasteiger partial charge in [-0.25, -0.2) is 5.06 Å². The lowest BCUT2D eigenvalue weighted by atomic mass is 10.0. The van der Waals surface area contributed by atoms with E-state index >= 15 is 0 Å². The van der Waals surface area contributed by atoms with E-state index in [9.17, 15) is 9.59 Å². The van der Waals surface area contributed by atoms with Crippen molar-refractivity contribution in [1.29, 1.82) is 0 Å². The minimum Gasteiger partial charge on any atom is -0.468 e. The maximum absolute atomic E-state index is 12.0. The Labute approximate surface area is 118 Å². The Morgan fingerprint density at radius 2 is 1.90 bits per heavy atom. The molecular weight excluding hydrogens is 258 g/mol. The Morgan fingerprint density at radius 3 is 2.45 bits per heavy atom. The van der Waals surface area contributed by atoms with Crippen molar-refractivity contribution in [2.45, 2.75) is 6.42 Å². The van der Waals surface area contributed by atoms with Crippen molar-refractivity contribution < 1.29 is 19.2 Å². The second kappa shape index (κ2) is 8.12. The number of allylic oxidation sites excluding steroid dienone is 1. The zero-order valence-electron chi connectivity index (χ0n) is 11.9. The number of amides is 1. The van der Waals surface area contributed by atoms with Gasteiger partial charge in [0.2, 0.25) is 0 Å². The number of carbonyl (C=O) groups excluding carboxylic acids is 2. The van der Waals surface area contributed by atoms with Gasteiger partial charge in [0.25, 0.3) is 5.91 Å². The van der Waals surface area contributed by atoms with Gasteiger partial charge >= 0.3 is 5.97 Å². The molecule has 0 heterocycles. The molecule has 0 N–H and O–H groups in total. The van der Waals surface area contributed by atoms with E-state index in [0.717, 1.165) is 10.6 Å². The largest absolute Gasteiger partial charge is 0.468 e. The van der Waals surface area contributed by atoms with Crippen LogP contribution in [-0.4, -0.2) is 38.2 Å². The summed E-state index contributed by atoms with van der Waals surface area (Å²) in [5.74, 6) is -1.90. The third-order valence-corrected chi connectivity index (χ3v) is 2.85. The Kier molecular flexibility index (Phi) is 6.46. The van der Waals surface area contributed by atoms with Gasteiger partial charge in [0, 0.05) is 7.05 Å². The highest BCUT2D eigenvalue weighted by atomic mass is 16.7. The Bertz CT molecular complexity index is 470. The van der Waals surface area contributed by atoms with Crippen LogP contribution in [0.3, 0.4) is 0 Å². The normalized spacial score (nSPS) is 12.2. The molecule has 0 radical (unpaired) electrons. The monoisotopic (exact) mass is 277 g/mol. The molecule has 5 nitrogen and oxygen atoms in total. The maximum atomic E-state index is 12.0. The van der Waals surface area contributed by atoms with E-state index in [-0.39, 0.29) is 6.42 Å². The molecule has 0 saturated carbocycles. The Morgan fingerprint density at radius 1 is 1.25 bits per heavy atom. The Hall–Kier alpha value is -2.14. The van der Waals surface area contributed by atoms with E-state index in [1.165, 1.54) is 21.3 Å². The number of methoxy groups -OCH3 is 1. The zero-order valence-corrected chi connectivity index (χ0v) is 11.9. The lowest BCUT2D eigenvalue weighted by Gasteiger charge is -2.18. The molecule has 5 heteroatoms. The van der Waals surface area contributed by atoms with Crippen molar-refractivity contribution in [3.8, 4) is 0 Å². The molecule has 0 aromatic heterocycles. The van der Waals surface area contributed by atoms with E-state index in [1.54, 1.807) is 6.08 Å². The molecule has 1 atom stereocenters. The Balaban J connectivity index is 2.73. The number of nitrogens with zero attached hydrogens (tertiary/aromatic N) is 1. The van der Waals surface area contributed by atoms with Crippen LogP contribution in [0.2, 0.25) is 0 Å². The van der Waals surface area contributed by atoms with Crippen LogP contribution in [0.15, 0.2) is 36.4 Å². The molecule has 0 aliphatic heterocycles. The molecule has 1 unspecified atom stereocenters. The van der Waals surface area contributed by atoms with Gasteiger partial charge in [-0.2, -0.15) is 0 Å². The average Bonchev–Trinajstić information content (AvgIpc) is 2.50. The van der Waals surface area contributed by atoms with Gasteiger partial charge in [0.05, 0.1) is 14.2 Å². The van der Waals surface area contributed by atoms with Crippen molar-refractivity contribution in [1.82, 2.24) is 5.06 Å². The fourth-order valence-corrected chi connectivity index (χ4v) is 1.65. The first-order valence-electron chi connectivity index (χ1n) is 6.21. The van der Waals surface area contributed by atoms with Crippen LogP contribution < -0.4 is 0 Å². The molecule has 0 aliphatic rings. The van der Waals surface area contributed by atoms with Gasteiger partial charge in [0.1, 0.15) is 5.92 Å². The fourth-order valence-electron chi connectivity index (χ4n) is 1.65. The lowest BCUT2D eigenvalue weighted by Crippen LogP contribution is -2.36. The molecule has 0 saturated heterocycles. The second-order valence-electron chi connectivity index (χ2n) is 4.14. The highest BCUT2D eigenvalue weighted by Gasteiger charge is 2.29. The zero-order chi connectivity index (χ0) is 15.0. The minimum absolute atomic E-state index is 0.258. The first-order chi connectivity index (χ1) is 9.60. The topological polar surface area (TPSA) is 55.8 Å².